The molecule has 0 radical (unpaired) electrons. The molecule has 2 heterocycles. The maximum absolute atomic E-state index is 4.46. The molecular formula is C10H13BrN4. The zero-order valence-corrected chi connectivity index (χ0v) is 10.3. The summed E-state index contributed by atoms with van der Waals surface area (Å²) >= 11 is 3.49. The zero-order valence-electron chi connectivity index (χ0n) is 8.71. The number of rotatable bonds is 3. The fraction of sp³-hybridized carbons (Fsp3) is 0.300. The third-order valence-corrected chi connectivity index (χ3v) is 2.90. The number of hydrogen-bond donors (Lipinski definition) is 2. The van der Waals surface area contributed by atoms with Crippen LogP contribution in [0.2, 0.25) is 0 Å². The van der Waals surface area contributed by atoms with Crippen molar-refractivity contribution in [3.05, 3.63) is 28.9 Å². The fourth-order valence-electron chi connectivity index (χ4n) is 1.61. The van der Waals surface area contributed by atoms with Gasteiger partial charge < -0.3 is 14.9 Å². The summed E-state index contributed by atoms with van der Waals surface area (Å²) in [6, 6.07) is 2.03. The van der Waals surface area contributed by atoms with Gasteiger partial charge in [-0.05, 0) is 29.0 Å². The molecule has 0 saturated heterocycles. The minimum Gasteiger partial charge on any atom is -0.367 e. The second-order valence-corrected chi connectivity index (χ2v) is 4.11. The van der Waals surface area contributed by atoms with Crippen LogP contribution in [-0.4, -0.2) is 21.6 Å². The van der Waals surface area contributed by atoms with Gasteiger partial charge in [0.15, 0.2) is 0 Å². The lowest BCUT2D eigenvalue weighted by molar-refractivity contribution is 0.712. The standard InChI is InChI=1S/C10H13BrN4/c1-12-6-8-14-10(11)9(15(8)2)7-3-4-13-5-7/h3-5,12-13H,6H2,1-2H3. The Morgan fingerprint density at radius 1 is 1.60 bits per heavy atom. The molecular weight excluding hydrogens is 256 g/mol. The summed E-state index contributed by atoms with van der Waals surface area (Å²) < 4.78 is 2.97. The van der Waals surface area contributed by atoms with Gasteiger partial charge in [-0.1, -0.05) is 0 Å². The number of nitrogens with zero attached hydrogens (tertiary/aromatic N) is 2. The predicted octanol–water partition coefficient (Wildman–Crippen LogP) is 1.90. The molecule has 0 aliphatic heterocycles. The quantitative estimate of drug-likeness (QED) is 0.893. The third kappa shape index (κ3) is 1.85. The molecule has 0 spiro atoms. The highest BCUT2D eigenvalue weighted by atomic mass is 79.9. The van der Waals surface area contributed by atoms with Gasteiger partial charge in [0, 0.05) is 25.0 Å². The van der Waals surface area contributed by atoms with E-state index in [-0.39, 0.29) is 0 Å². The van der Waals surface area contributed by atoms with E-state index in [4.69, 9.17) is 0 Å². The van der Waals surface area contributed by atoms with Crippen LogP contribution < -0.4 is 5.32 Å². The maximum atomic E-state index is 4.46. The lowest BCUT2D eigenvalue weighted by Crippen LogP contribution is -2.10. The van der Waals surface area contributed by atoms with Gasteiger partial charge in [-0.2, -0.15) is 0 Å². The largest absolute Gasteiger partial charge is 0.367 e. The van der Waals surface area contributed by atoms with E-state index in [0.29, 0.717) is 0 Å². The fourth-order valence-corrected chi connectivity index (χ4v) is 2.31. The predicted molar refractivity (Wildman–Crippen MR) is 63.5 cm³/mol. The summed E-state index contributed by atoms with van der Waals surface area (Å²) in [5.74, 6) is 1.01. The molecule has 4 nitrogen and oxygen atoms in total. The van der Waals surface area contributed by atoms with Crippen LogP contribution in [0, 0.1) is 0 Å². The van der Waals surface area contributed by atoms with E-state index in [1.807, 2.05) is 32.6 Å². The second kappa shape index (κ2) is 4.20. The van der Waals surface area contributed by atoms with E-state index < -0.39 is 0 Å². The van der Waals surface area contributed by atoms with Crippen molar-refractivity contribution in [3.63, 3.8) is 0 Å². The maximum Gasteiger partial charge on any atom is 0.132 e. The number of nitrogens with one attached hydrogen (secondary N) is 2. The molecule has 0 atom stereocenters. The lowest BCUT2D eigenvalue weighted by Gasteiger charge is -2.03. The summed E-state index contributed by atoms with van der Waals surface area (Å²) in [6.45, 7) is 0.763. The smallest absolute Gasteiger partial charge is 0.132 e. The summed E-state index contributed by atoms with van der Waals surface area (Å²) in [5, 5.41) is 3.10. The molecule has 0 fully saturated rings. The topological polar surface area (TPSA) is 45.6 Å². The van der Waals surface area contributed by atoms with Gasteiger partial charge in [0.25, 0.3) is 0 Å². The lowest BCUT2D eigenvalue weighted by atomic mass is 10.2. The number of imidazole rings is 1. The summed E-state index contributed by atoms with van der Waals surface area (Å²) in [7, 11) is 3.94. The van der Waals surface area contributed by atoms with Crippen molar-refractivity contribution < 1.29 is 0 Å². The SMILES string of the molecule is CNCc1nc(Br)c(-c2cc[nH]c2)n1C. The van der Waals surface area contributed by atoms with Gasteiger partial charge >= 0.3 is 0 Å². The van der Waals surface area contributed by atoms with Crippen LogP contribution in [0.5, 0.6) is 0 Å². The van der Waals surface area contributed by atoms with Crippen molar-refractivity contribution in [1.82, 2.24) is 19.9 Å². The minimum atomic E-state index is 0.763. The molecule has 2 N–H and O–H groups in total. The van der Waals surface area contributed by atoms with E-state index in [0.717, 1.165) is 28.2 Å². The average Bonchev–Trinajstić information content (AvgIpc) is 2.77. The summed E-state index contributed by atoms with van der Waals surface area (Å²) in [5.41, 5.74) is 2.24. The van der Waals surface area contributed by atoms with Crippen LogP contribution in [-0.2, 0) is 13.6 Å². The Hall–Kier alpha value is -1.07. The number of aromatic nitrogens is 3. The first-order valence-electron chi connectivity index (χ1n) is 4.73. The number of aromatic amines is 1. The van der Waals surface area contributed by atoms with E-state index in [1.165, 1.54) is 0 Å². The Bertz CT molecular complexity index is 444. The van der Waals surface area contributed by atoms with Crippen molar-refractivity contribution in [2.24, 2.45) is 7.05 Å². The molecule has 0 unspecified atom stereocenters. The highest BCUT2D eigenvalue weighted by molar-refractivity contribution is 9.10. The van der Waals surface area contributed by atoms with Crippen molar-refractivity contribution in [3.8, 4) is 11.3 Å². The van der Waals surface area contributed by atoms with E-state index in [2.05, 4.69) is 35.8 Å². The molecule has 80 valence electrons. The number of H-pyrrole nitrogens is 1. The summed E-state index contributed by atoms with van der Waals surface area (Å²) in [4.78, 5) is 7.51. The number of hydrogen-bond acceptors (Lipinski definition) is 2. The molecule has 2 aromatic heterocycles. The Labute approximate surface area is 96.8 Å². The van der Waals surface area contributed by atoms with Gasteiger partial charge in [0.05, 0.1) is 12.2 Å². The van der Waals surface area contributed by atoms with Crippen LogP contribution >= 0.6 is 15.9 Å². The van der Waals surface area contributed by atoms with Crippen LogP contribution in [0.15, 0.2) is 23.1 Å². The van der Waals surface area contributed by atoms with Gasteiger partial charge in [-0.15, -0.1) is 0 Å². The van der Waals surface area contributed by atoms with Crippen molar-refractivity contribution in [2.75, 3.05) is 7.05 Å². The van der Waals surface area contributed by atoms with Crippen molar-refractivity contribution in [1.29, 1.82) is 0 Å². The molecule has 15 heavy (non-hydrogen) atoms. The Balaban J connectivity index is 2.48. The Morgan fingerprint density at radius 2 is 2.40 bits per heavy atom. The Morgan fingerprint density at radius 3 is 3.00 bits per heavy atom. The first-order valence-corrected chi connectivity index (χ1v) is 5.52. The van der Waals surface area contributed by atoms with Crippen molar-refractivity contribution >= 4 is 15.9 Å². The summed E-state index contributed by atoms with van der Waals surface area (Å²) in [6.07, 6.45) is 3.87. The first-order chi connectivity index (χ1) is 7.24. The van der Waals surface area contributed by atoms with Crippen LogP contribution in [0.25, 0.3) is 11.3 Å². The molecule has 0 aliphatic carbocycles. The highest BCUT2D eigenvalue weighted by Gasteiger charge is 2.13. The molecule has 0 aromatic carbocycles. The molecule has 0 saturated carbocycles. The van der Waals surface area contributed by atoms with Gasteiger partial charge in [-0.25, -0.2) is 4.98 Å². The van der Waals surface area contributed by atoms with Crippen LogP contribution in [0.3, 0.4) is 0 Å². The molecule has 0 amide bonds. The number of halogens is 1. The molecule has 2 aromatic rings. The Kier molecular flexibility index (Phi) is 2.93. The van der Waals surface area contributed by atoms with Gasteiger partial charge in [-0.3, -0.25) is 0 Å². The normalized spacial score (nSPS) is 10.9. The van der Waals surface area contributed by atoms with Crippen molar-refractivity contribution in [2.45, 2.75) is 6.54 Å². The third-order valence-electron chi connectivity index (χ3n) is 2.35. The average molecular weight is 269 g/mol. The molecule has 2 rings (SSSR count). The minimum absolute atomic E-state index is 0.763. The highest BCUT2D eigenvalue weighted by Crippen LogP contribution is 2.27. The first kappa shape index (κ1) is 10.4. The zero-order chi connectivity index (χ0) is 10.8. The molecule has 5 heteroatoms. The monoisotopic (exact) mass is 268 g/mol. The second-order valence-electron chi connectivity index (χ2n) is 3.36. The van der Waals surface area contributed by atoms with Gasteiger partial charge in [0.1, 0.15) is 10.4 Å². The van der Waals surface area contributed by atoms with Gasteiger partial charge in [0.2, 0.25) is 0 Å². The molecule has 0 aliphatic rings. The molecule has 0 bridgehead atoms. The van der Waals surface area contributed by atoms with Crippen LogP contribution in [0.4, 0.5) is 0 Å². The van der Waals surface area contributed by atoms with E-state index in [1.54, 1.807) is 0 Å². The van der Waals surface area contributed by atoms with E-state index >= 15 is 0 Å². The van der Waals surface area contributed by atoms with E-state index in [9.17, 15) is 0 Å². The van der Waals surface area contributed by atoms with Crippen LogP contribution in [0.1, 0.15) is 5.82 Å².